The first kappa shape index (κ1) is 16.6. The summed E-state index contributed by atoms with van der Waals surface area (Å²) in [5, 5.41) is 10.9. The average Bonchev–Trinajstić information content (AvgIpc) is 3.13. The number of aromatic amines is 1. The molecule has 25 heavy (non-hydrogen) atoms. The summed E-state index contributed by atoms with van der Waals surface area (Å²) in [7, 11) is 0. The standard InChI is InChI=1S/C20H20N4O/c1-3-15-8-10-17(11-9-15)18-12-19(23-22-18)20(25)24-21-13-16-6-4-14(2)5-7-16/h4-13H,3H2,1-2H3,(H,22,23)(H,24,25)/b21-13-. The van der Waals surface area contributed by atoms with Gasteiger partial charge in [0.15, 0.2) is 0 Å². The summed E-state index contributed by atoms with van der Waals surface area (Å²) < 4.78 is 0. The van der Waals surface area contributed by atoms with E-state index in [9.17, 15) is 4.79 Å². The maximum absolute atomic E-state index is 12.1. The molecule has 1 amide bonds. The van der Waals surface area contributed by atoms with Crippen molar-refractivity contribution in [2.24, 2.45) is 5.10 Å². The quantitative estimate of drug-likeness (QED) is 0.552. The average molecular weight is 332 g/mol. The lowest BCUT2D eigenvalue weighted by atomic mass is 10.1. The van der Waals surface area contributed by atoms with Crippen LogP contribution in [0.25, 0.3) is 11.3 Å². The van der Waals surface area contributed by atoms with Gasteiger partial charge in [-0.15, -0.1) is 0 Å². The summed E-state index contributed by atoms with van der Waals surface area (Å²) in [5.74, 6) is -0.327. The lowest BCUT2D eigenvalue weighted by Crippen LogP contribution is -2.17. The first-order valence-corrected chi connectivity index (χ1v) is 8.20. The minimum Gasteiger partial charge on any atom is -0.272 e. The van der Waals surface area contributed by atoms with Crippen LogP contribution in [0.4, 0.5) is 0 Å². The third kappa shape index (κ3) is 4.20. The number of amides is 1. The van der Waals surface area contributed by atoms with E-state index in [2.05, 4.69) is 39.8 Å². The van der Waals surface area contributed by atoms with Gasteiger partial charge < -0.3 is 0 Å². The zero-order chi connectivity index (χ0) is 17.6. The molecule has 5 heteroatoms. The highest BCUT2D eigenvalue weighted by Gasteiger charge is 2.10. The number of rotatable bonds is 5. The summed E-state index contributed by atoms with van der Waals surface area (Å²) >= 11 is 0. The van der Waals surface area contributed by atoms with Gasteiger partial charge in [0.2, 0.25) is 0 Å². The molecule has 0 spiro atoms. The van der Waals surface area contributed by atoms with Crippen molar-refractivity contribution in [3.05, 3.63) is 77.0 Å². The van der Waals surface area contributed by atoms with Gasteiger partial charge in [-0.25, -0.2) is 5.43 Å². The third-order valence-electron chi connectivity index (χ3n) is 3.94. The molecule has 3 aromatic rings. The molecule has 0 aliphatic heterocycles. The van der Waals surface area contributed by atoms with Crippen molar-refractivity contribution in [3.8, 4) is 11.3 Å². The van der Waals surface area contributed by atoms with Gasteiger partial charge in [-0.2, -0.15) is 10.2 Å². The van der Waals surface area contributed by atoms with Crippen molar-refractivity contribution in [2.75, 3.05) is 0 Å². The van der Waals surface area contributed by atoms with Crippen LogP contribution < -0.4 is 5.43 Å². The van der Waals surface area contributed by atoms with Crippen LogP contribution in [0.5, 0.6) is 0 Å². The molecular weight excluding hydrogens is 312 g/mol. The molecule has 1 heterocycles. The van der Waals surface area contributed by atoms with Crippen LogP contribution in [0.2, 0.25) is 0 Å². The fourth-order valence-electron chi connectivity index (χ4n) is 2.38. The number of aryl methyl sites for hydroxylation is 2. The second-order valence-electron chi connectivity index (χ2n) is 5.83. The predicted octanol–water partition coefficient (Wildman–Crippen LogP) is 3.71. The second kappa shape index (κ2) is 7.57. The van der Waals surface area contributed by atoms with E-state index in [1.54, 1.807) is 12.3 Å². The summed E-state index contributed by atoms with van der Waals surface area (Å²) in [4.78, 5) is 12.1. The van der Waals surface area contributed by atoms with Crippen molar-refractivity contribution >= 4 is 12.1 Å². The van der Waals surface area contributed by atoms with Crippen LogP contribution in [-0.2, 0) is 6.42 Å². The minimum atomic E-state index is -0.327. The van der Waals surface area contributed by atoms with Gasteiger partial charge in [0, 0.05) is 5.56 Å². The molecule has 0 aliphatic rings. The van der Waals surface area contributed by atoms with E-state index in [1.807, 2.05) is 43.3 Å². The fourth-order valence-corrected chi connectivity index (χ4v) is 2.38. The zero-order valence-corrected chi connectivity index (χ0v) is 14.3. The Morgan fingerprint density at radius 1 is 1.16 bits per heavy atom. The number of carbonyl (C=O) groups is 1. The summed E-state index contributed by atoms with van der Waals surface area (Å²) in [6.07, 6.45) is 2.60. The minimum absolute atomic E-state index is 0.327. The van der Waals surface area contributed by atoms with Gasteiger partial charge in [0.25, 0.3) is 5.91 Å². The van der Waals surface area contributed by atoms with Crippen LogP contribution >= 0.6 is 0 Å². The Labute approximate surface area is 146 Å². The Hall–Kier alpha value is -3.21. The highest BCUT2D eigenvalue weighted by Crippen LogP contribution is 2.18. The van der Waals surface area contributed by atoms with E-state index in [0.29, 0.717) is 5.69 Å². The van der Waals surface area contributed by atoms with Gasteiger partial charge in [-0.1, -0.05) is 61.0 Å². The van der Waals surface area contributed by atoms with E-state index in [-0.39, 0.29) is 5.91 Å². The topological polar surface area (TPSA) is 70.1 Å². The maximum Gasteiger partial charge on any atom is 0.289 e. The Balaban J connectivity index is 1.64. The third-order valence-corrected chi connectivity index (χ3v) is 3.94. The Morgan fingerprint density at radius 3 is 2.56 bits per heavy atom. The largest absolute Gasteiger partial charge is 0.289 e. The number of hydrazone groups is 1. The Bertz CT molecular complexity index is 877. The lowest BCUT2D eigenvalue weighted by Gasteiger charge is -1.98. The molecular formula is C20H20N4O. The number of aromatic nitrogens is 2. The summed E-state index contributed by atoms with van der Waals surface area (Å²) in [6, 6.07) is 17.7. The molecule has 1 aromatic heterocycles. The normalized spacial score (nSPS) is 11.0. The molecule has 2 N–H and O–H groups in total. The van der Waals surface area contributed by atoms with Crippen molar-refractivity contribution in [2.45, 2.75) is 20.3 Å². The highest BCUT2D eigenvalue weighted by molar-refractivity contribution is 5.94. The smallest absolute Gasteiger partial charge is 0.272 e. The van der Waals surface area contributed by atoms with Gasteiger partial charge in [0.05, 0.1) is 11.9 Å². The van der Waals surface area contributed by atoms with Crippen molar-refractivity contribution in [3.63, 3.8) is 0 Å². The van der Waals surface area contributed by atoms with Gasteiger partial charge in [0.1, 0.15) is 5.69 Å². The fraction of sp³-hybridized carbons (Fsp3) is 0.150. The Morgan fingerprint density at radius 2 is 1.88 bits per heavy atom. The second-order valence-corrected chi connectivity index (χ2v) is 5.83. The summed E-state index contributed by atoms with van der Waals surface area (Å²) in [5.41, 5.74) is 7.94. The van der Waals surface area contributed by atoms with Crippen LogP contribution in [0.1, 0.15) is 34.1 Å². The molecule has 0 saturated carbocycles. The maximum atomic E-state index is 12.1. The molecule has 3 rings (SSSR count). The SMILES string of the molecule is CCc1ccc(-c2cc(C(=O)N/N=C\c3ccc(C)cc3)[nH]n2)cc1. The molecule has 126 valence electrons. The predicted molar refractivity (Wildman–Crippen MR) is 99.6 cm³/mol. The Kier molecular flexibility index (Phi) is 5.04. The van der Waals surface area contributed by atoms with E-state index in [0.717, 1.165) is 23.2 Å². The molecule has 0 unspecified atom stereocenters. The van der Waals surface area contributed by atoms with Gasteiger partial charge >= 0.3 is 0 Å². The molecule has 2 aromatic carbocycles. The molecule has 0 bridgehead atoms. The summed E-state index contributed by atoms with van der Waals surface area (Å²) in [6.45, 7) is 4.14. The first-order chi connectivity index (χ1) is 12.2. The van der Waals surface area contributed by atoms with Crippen LogP contribution in [0.3, 0.4) is 0 Å². The van der Waals surface area contributed by atoms with Gasteiger partial charge in [-0.3, -0.25) is 9.89 Å². The lowest BCUT2D eigenvalue weighted by molar-refractivity contribution is 0.0950. The van der Waals surface area contributed by atoms with Crippen LogP contribution in [0, 0.1) is 6.92 Å². The van der Waals surface area contributed by atoms with Crippen LogP contribution in [0.15, 0.2) is 59.7 Å². The van der Waals surface area contributed by atoms with Crippen LogP contribution in [-0.4, -0.2) is 22.3 Å². The number of benzene rings is 2. The van der Waals surface area contributed by atoms with E-state index in [1.165, 1.54) is 11.1 Å². The van der Waals surface area contributed by atoms with E-state index in [4.69, 9.17) is 0 Å². The molecule has 0 fully saturated rings. The molecule has 5 nitrogen and oxygen atoms in total. The first-order valence-electron chi connectivity index (χ1n) is 8.20. The van der Waals surface area contributed by atoms with Crippen molar-refractivity contribution in [1.82, 2.24) is 15.6 Å². The number of carbonyl (C=O) groups excluding carboxylic acids is 1. The molecule has 0 radical (unpaired) electrons. The van der Waals surface area contributed by atoms with Gasteiger partial charge in [-0.05, 0) is 30.5 Å². The number of nitrogens with zero attached hydrogens (tertiary/aromatic N) is 2. The monoisotopic (exact) mass is 332 g/mol. The van der Waals surface area contributed by atoms with Crippen molar-refractivity contribution in [1.29, 1.82) is 0 Å². The zero-order valence-electron chi connectivity index (χ0n) is 14.3. The molecule has 0 saturated heterocycles. The number of H-pyrrole nitrogens is 1. The number of hydrogen-bond donors (Lipinski definition) is 2. The van der Waals surface area contributed by atoms with E-state index < -0.39 is 0 Å². The van der Waals surface area contributed by atoms with E-state index >= 15 is 0 Å². The highest BCUT2D eigenvalue weighted by atomic mass is 16.2. The number of nitrogens with one attached hydrogen (secondary N) is 2. The molecule has 0 aliphatic carbocycles. The molecule has 0 atom stereocenters. The van der Waals surface area contributed by atoms with Crippen molar-refractivity contribution < 1.29 is 4.79 Å². The number of hydrogen-bond acceptors (Lipinski definition) is 3.